The third-order valence-corrected chi connectivity index (χ3v) is 3.23. The number of oxazole rings is 1. The Labute approximate surface area is 112 Å². The highest BCUT2D eigenvalue weighted by Crippen LogP contribution is 2.17. The molecule has 0 amide bonds. The normalized spacial score (nSPS) is 11.0. The number of hydrogen-bond acceptors (Lipinski definition) is 3. The van der Waals surface area contributed by atoms with Crippen LogP contribution >= 0.6 is 0 Å². The first-order valence-corrected chi connectivity index (χ1v) is 6.45. The average molecular weight is 252 g/mol. The lowest BCUT2D eigenvalue weighted by Gasteiger charge is -2.05. The van der Waals surface area contributed by atoms with Gasteiger partial charge in [0.15, 0.2) is 12.0 Å². The van der Waals surface area contributed by atoms with Gasteiger partial charge in [0.25, 0.3) is 0 Å². The van der Waals surface area contributed by atoms with Crippen molar-refractivity contribution in [3.05, 3.63) is 65.5 Å². The van der Waals surface area contributed by atoms with Crippen LogP contribution in [0.3, 0.4) is 0 Å². The van der Waals surface area contributed by atoms with Crippen LogP contribution in [0.5, 0.6) is 0 Å². The molecule has 3 heteroatoms. The molecule has 0 unspecified atom stereocenters. The molecule has 1 heterocycles. The Morgan fingerprint density at radius 1 is 1.00 bits per heavy atom. The largest absolute Gasteiger partial charge is 0.443 e. The summed E-state index contributed by atoms with van der Waals surface area (Å²) in [6, 6.07) is 14.7. The van der Waals surface area contributed by atoms with Crippen LogP contribution in [-0.4, -0.2) is 11.5 Å². The Morgan fingerprint density at radius 2 is 1.84 bits per heavy atom. The number of benzene rings is 2. The molecule has 0 atom stereocenters. The molecule has 2 aromatic carbocycles. The Balaban J connectivity index is 1.85. The zero-order valence-electron chi connectivity index (χ0n) is 10.7. The van der Waals surface area contributed by atoms with Crippen LogP contribution in [0.15, 0.2) is 53.3 Å². The predicted octanol–water partition coefficient (Wildman–Crippen LogP) is 2.92. The van der Waals surface area contributed by atoms with Crippen molar-refractivity contribution in [2.45, 2.75) is 12.8 Å². The minimum atomic E-state index is 0.688. The van der Waals surface area contributed by atoms with Crippen molar-refractivity contribution < 1.29 is 4.42 Å². The standard InChI is InChI=1S/C16H16N2O/c17-7-6-12-2-1-3-13(8-12)9-14-4-5-15-16(10-14)19-11-18-15/h1-5,8,10-11H,6-7,9,17H2. The molecule has 0 aliphatic heterocycles. The summed E-state index contributed by atoms with van der Waals surface area (Å²) in [7, 11) is 0. The minimum absolute atomic E-state index is 0.688. The fraction of sp³-hybridized carbons (Fsp3) is 0.188. The van der Waals surface area contributed by atoms with Gasteiger partial charge >= 0.3 is 0 Å². The highest BCUT2D eigenvalue weighted by atomic mass is 16.3. The molecule has 0 aliphatic rings. The van der Waals surface area contributed by atoms with E-state index in [0.717, 1.165) is 23.9 Å². The average Bonchev–Trinajstić information content (AvgIpc) is 2.87. The third kappa shape index (κ3) is 2.66. The lowest BCUT2D eigenvalue weighted by atomic mass is 10.0. The Hall–Kier alpha value is -2.13. The van der Waals surface area contributed by atoms with E-state index in [0.29, 0.717) is 6.54 Å². The molecule has 0 bridgehead atoms. The number of nitrogens with two attached hydrogens (primary N) is 1. The van der Waals surface area contributed by atoms with Gasteiger partial charge in [-0.2, -0.15) is 0 Å². The van der Waals surface area contributed by atoms with Gasteiger partial charge in [-0.05, 0) is 48.2 Å². The summed E-state index contributed by atoms with van der Waals surface area (Å²) in [6.45, 7) is 0.688. The summed E-state index contributed by atoms with van der Waals surface area (Å²) in [5.41, 5.74) is 11.2. The van der Waals surface area contributed by atoms with Crippen molar-refractivity contribution in [3.8, 4) is 0 Å². The van der Waals surface area contributed by atoms with Crippen molar-refractivity contribution in [1.29, 1.82) is 0 Å². The van der Waals surface area contributed by atoms with E-state index in [4.69, 9.17) is 10.2 Å². The highest BCUT2D eigenvalue weighted by molar-refractivity contribution is 5.72. The first kappa shape index (κ1) is 11.9. The molecule has 0 saturated carbocycles. The van der Waals surface area contributed by atoms with Crippen LogP contribution in [0.25, 0.3) is 11.1 Å². The van der Waals surface area contributed by atoms with E-state index in [9.17, 15) is 0 Å². The molecule has 0 aliphatic carbocycles. The molecule has 96 valence electrons. The monoisotopic (exact) mass is 252 g/mol. The summed E-state index contributed by atoms with van der Waals surface area (Å²) in [6.07, 6.45) is 3.31. The summed E-state index contributed by atoms with van der Waals surface area (Å²) < 4.78 is 5.33. The number of rotatable bonds is 4. The van der Waals surface area contributed by atoms with E-state index in [-0.39, 0.29) is 0 Å². The molecule has 3 aromatic rings. The summed E-state index contributed by atoms with van der Waals surface area (Å²) in [5, 5.41) is 0. The molecule has 3 rings (SSSR count). The Morgan fingerprint density at radius 3 is 2.74 bits per heavy atom. The summed E-state index contributed by atoms with van der Waals surface area (Å²) in [4.78, 5) is 4.12. The minimum Gasteiger partial charge on any atom is -0.443 e. The first-order chi connectivity index (χ1) is 9.35. The fourth-order valence-electron chi connectivity index (χ4n) is 2.31. The van der Waals surface area contributed by atoms with Crippen molar-refractivity contribution >= 4 is 11.1 Å². The highest BCUT2D eigenvalue weighted by Gasteiger charge is 2.02. The molecule has 3 nitrogen and oxygen atoms in total. The van der Waals surface area contributed by atoms with Crippen molar-refractivity contribution in [3.63, 3.8) is 0 Å². The van der Waals surface area contributed by atoms with Gasteiger partial charge in [-0.15, -0.1) is 0 Å². The molecule has 0 radical (unpaired) electrons. The lowest BCUT2D eigenvalue weighted by molar-refractivity contribution is 0.602. The first-order valence-electron chi connectivity index (χ1n) is 6.45. The van der Waals surface area contributed by atoms with Crippen LogP contribution in [-0.2, 0) is 12.8 Å². The maximum atomic E-state index is 5.59. The Kier molecular flexibility index (Phi) is 3.29. The molecular formula is C16H16N2O. The number of aromatic nitrogens is 1. The number of hydrogen-bond donors (Lipinski definition) is 1. The van der Waals surface area contributed by atoms with Crippen LogP contribution in [0.2, 0.25) is 0 Å². The van der Waals surface area contributed by atoms with Gasteiger partial charge in [-0.1, -0.05) is 30.3 Å². The molecule has 2 N–H and O–H groups in total. The quantitative estimate of drug-likeness (QED) is 0.776. The maximum Gasteiger partial charge on any atom is 0.181 e. The van der Waals surface area contributed by atoms with Gasteiger partial charge in [0, 0.05) is 0 Å². The molecule has 0 spiro atoms. The van der Waals surface area contributed by atoms with Crippen molar-refractivity contribution in [2.75, 3.05) is 6.54 Å². The molecular weight excluding hydrogens is 236 g/mol. The van der Waals surface area contributed by atoms with E-state index in [1.165, 1.54) is 23.1 Å². The molecule has 0 fully saturated rings. The second-order valence-electron chi connectivity index (χ2n) is 4.69. The molecule has 19 heavy (non-hydrogen) atoms. The van der Waals surface area contributed by atoms with Crippen LogP contribution < -0.4 is 5.73 Å². The van der Waals surface area contributed by atoms with Gasteiger partial charge in [0.1, 0.15) is 5.52 Å². The van der Waals surface area contributed by atoms with Crippen LogP contribution in [0, 0.1) is 0 Å². The zero-order valence-corrected chi connectivity index (χ0v) is 10.7. The maximum absolute atomic E-state index is 5.59. The van der Waals surface area contributed by atoms with E-state index < -0.39 is 0 Å². The fourth-order valence-corrected chi connectivity index (χ4v) is 2.31. The van der Waals surface area contributed by atoms with Gasteiger partial charge in [-0.25, -0.2) is 4.98 Å². The van der Waals surface area contributed by atoms with Crippen molar-refractivity contribution in [1.82, 2.24) is 4.98 Å². The van der Waals surface area contributed by atoms with E-state index in [2.05, 4.69) is 41.4 Å². The second-order valence-corrected chi connectivity index (χ2v) is 4.69. The van der Waals surface area contributed by atoms with Crippen LogP contribution in [0.1, 0.15) is 16.7 Å². The van der Waals surface area contributed by atoms with E-state index >= 15 is 0 Å². The molecule has 1 aromatic heterocycles. The number of fused-ring (bicyclic) bond motifs is 1. The SMILES string of the molecule is NCCc1cccc(Cc2ccc3ncoc3c2)c1. The van der Waals surface area contributed by atoms with Gasteiger partial charge in [-0.3, -0.25) is 0 Å². The lowest BCUT2D eigenvalue weighted by Crippen LogP contribution is -2.03. The summed E-state index contributed by atoms with van der Waals surface area (Å²) >= 11 is 0. The van der Waals surface area contributed by atoms with Gasteiger partial charge < -0.3 is 10.2 Å². The summed E-state index contributed by atoms with van der Waals surface area (Å²) in [5.74, 6) is 0. The zero-order chi connectivity index (χ0) is 13.1. The van der Waals surface area contributed by atoms with Crippen LogP contribution in [0.4, 0.5) is 0 Å². The van der Waals surface area contributed by atoms with E-state index in [1.54, 1.807) is 0 Å². The topological polar surface area (TPSA) is 52.0 Å². The van der Waals surface area contributed by atoms with Crippen molar-refractivity contribution in [2.24, 2.45) is 5.73 Å². The van der Waals surface area contributed by atoms with E-state index in [1.807, 2.05) is 6.07 Å². The van der Waals surface area contributed by atoms with Gasteiger partial charge in [0.2, 0.25) is 0 Å². The Bertz CT molecular complexity index is 688. The smallest absolute Gasteiger partial charge is 0.181 e. The third-order valence-electron chi connectivity index (χ3n) is 3.23. The second kappa shape index (κ2) is 5.24. The molecule has 0 saturated heterocycles. The number of nitrogens with zero attached hydrogens (tertiary/aromatic N) is 1. The predicted molar refractivity (Wildman–Crippen MR) is 76.0 cm³/mol. The van der Waals surface area contributed by atoms with Gasteiger partial charge in [0.05, 0.1) is 0 Å².